The fraction of sp³-hybridized carbons (Fsp3) is 0.533. The average molecular weight is 281 g/mol. The summed E-state index contributed by atoms with van der Waals surface area (Å²) < 4.78 is 7.86. The summed E-state index contributed by atoms with van der Waals surface area (Å²) in [5, 5.41) is 0. The third kappa shape index (κ3) is 3.48. The minimum atomic E-state index is 0.258. The summed E-state index contributed by atoms with van der Waals surface area (Å²) >= 11 is 5.87. The Balaban J connectivity index is 2.29. The molecule has 1 aromatic heterocycles. The van der Waals surface area contributed by atoms with E-state index in [1.54, 1.807) is 0 Å². The second kappa shape index (κ2) is 6.40. The Morgan fingerprint density at radius 1 is 1.37 bits per heavy atom. The Hall–Kier alpha value is -1.06. The number of imidazole rings is 1. The molecule has 2 rings (SSSR count). The molecule has 0 aliphatic carbocycles. The molecule has 0 aliphatic rings. The molecule has 0 unspecified atom stereocenters. The lowest BCUT2D eigenvalue weighted by Gasteiger charge is -2.11. The number of aromatic nitrogens is 2. The normalized spacial score (nSPS) is 11.6. The van der Waals surface area contributed by atoms with Gasteiger partial charge in [-0.05, 0) is 38.5 Å². The Labute approximate surface area is 119 Å². The zero-order valence-corrected chi connectivity index (χ0v) is 12.6. The van der Waals surface area contributed by atoms with Crippen molar-refractivity contribution >= 4 is 22.6 Å². The molecule has 0 aliphatic heterocycles. The van der Waals surface area contributed by atoms with Crippen molar-refractivity contribution in [3.05, 3.63) is 29.6 Å². The van der Waals surface area contributed by atoms with Gasteiger partial charge in [-0.25, -0.2) is 4.98 Å². The van der Waals surface area contributed by atoms with E-state index in [1.807, 2.05) is 0 Å². The van der Waals surface area contributed by atoms with Crippen molar-refractivity contribution in [3.63, 3.8) is 0 Å². The van der Waals surface area contributed by atoms with Gasteiger partial charge in [0.2, 0.25) is 0 Å². The van der Waals surface area contributed by atoms with Gasteiger partial charge in [-0.3, -0.25) is 0 Å². The number of ether oxygens (including phenoxy) is 1. The van der Waals surface area contributed by atoms with E-state index in [2.05, 4.69) is 48.5 Å². The number of benzene rings is 1. The molecule has 3 nitrogen and oxygen atoms in total. The van der Waals surface area contributed by atoms with Crippen LogP contribution in [-0.4, -0.2) is 28.1 Å². The lowest BCUT2D eigenvalue weighted by Crippen LogP contribution is -2.13. The predicted octanol–water partition coefficient (Wildman–Crippen LogP) is 3.55. The topological polar surface area (TPSA) is 27.1 Å². The number of nitrogens with zero attached hydrogens (tertiary/aromatic N) is 2. The van der Waals surface area contributed by atoms with Crippen molar-refractivity contribution in [3.8, 4) is 0 Å². The summed E-state index contributed by atoms with van der Waals surface area (Å²) in [6, 6.07) is 6.37. The predicted molar refractivity (Wildman–Crippen MR) is 80.0 cm³/mol. The zero-order chi connectivity index (χ0) is 13.8. The number of fused-ring (bicyclic) bond motifs is 1. The number of alkyl halides is 1. The first-order chi connectivity index (χ1) is 9.11. The molecule has 0 spiro atoms. The van der Waals surface area contributed by atoms with Crippen molar-refractivity contribution in [1.29, 1.82) is 0 Å². The van der Waals surface area contributed by atoms with Crippen molar-refractivity contribution < 1.29 is 4.74 Å². The van der Waals surface area contributed by atoms with Crippen molar-refractivity contribution in [1.82, 2.24) is 9.55 Å². The highest BCUT2D eigenvalue weighted by atomic mass is 35.5. The van der Waals surface area contributed by atoms with Gasteiger partial charge in [-0.2, -0.15) is 0 Å². The molecule has 1 aromatic carbocycles. The van der Waals surface area contributed by atoms with Crippen molar-refractivity contribution in [2.75, 3.05) is 12.5 Å². The fourth-order valence-corrected chi connectivity index (χ4v) is 2.36. The number of halogens is 1. The van der Waals surface area contributed by atoms with E-state index in [1.165, 1.54) is 5.56 Å². The van der Waals surface area contributed by atoms with Crippen LogP contribution in [0, 0.1) is 6.92 Å². The van der Waals surface area contributed by atoms with Gasteiger partial charge in [-0.1, -0.05) is 6.07 Å². The van der Waals surface area contributed by atoms with Gasteiger partial charge in [0.1, 0.15) is 5.82 Å². The van der Waals surface area contributed by atoms with Crippen LogP contribution in [0.1, 0.15) is 25.2 Å². The second-order valence-electron chi connectivity index (χ2n) is 5.03. The van der Waals surface area contributed by atoms with E-state index in [9.17, 15) is 0 Å². The number of hydrogen-bond acceptors (Lipinski definition) is 2. The Bertz CT molecular complexity index is 548. The summed E-state index contributed by atoms with van der Waals surface area (Å²) in [5.74, 6) is 1.64. The van der Waals surface area contributed by atoms with Crippen LogP contribution in [0.3, 0.4) is 0 Å². The van der Waals surface area contributed by atoms with Gasteiger partial charge in [-0.15, -0.1) is 11.6 Å². The summed E-state index contributed by atoms with van der Waals surface area (Å²) in [6.07, 6.45) is 1.05. The SMILES string of the molecule is Cc1ccc2c(c1)nc(CCCl)n2CCOC(C)C. The Morgan fingerprint density at radius 3 is 2.84 bits per heavy atom. The van der Waals surface area contributed by atoms with Crippen LogP contribution in [0.25, 0.3) is 11.0 Å². The summed E-state index contributed by atoms with van der Waals surface area (Å²) in [4.78, 5) is 4.68. The van der Waals surface area contributed by atoms with Crippen molar-refractivity contribution in [2.24, 2.45) is 0 Å². The molecule has 104 valence electrons. The van der Waals surface area contributed by atoms with Gasteiger partial charge in [0.05, 0.1) is 23.7 Å². The lowest BCUT2D eigenvalue weighted by atomic mass is 10.2. The van der Waals surface area contributed by atoms with Gasteiger partial charge in [0, 0.05) is 18.8 Å². The maximum atomic E-state index is 5.87. The Morgan fingerprint density at radius 2 is 2.16 bits per heavy atom. The molecule has 0 saturated heterocycles. The van der Waals surface area contributed by atoms with Gasteiger partial charge in [0.25, 0.3) is 0 Å². The molecule has 0 radical (unpaired) electrons. The number of rotatable bonds is 6. The minimum Gasteiger partial charge on any atom is -0.377 e. The van der Waals surface area contributed by atoms with E-state index in [0.29, 0.717) is 12.5 Å². The molecule has 0 fully saturated rings. The van der Waals surface area contributed by atoms with E-state index in [0.717, 1.165) is 29.8 Å². The maximum absolute atomic E-state index is 5.87. The van der Waals surface area contributed by atoms with E-state index in [-0.39, 0.29) is 6.10 Å². The highest BCUT2D eigenvalue weighted by Crippen LogP contribution is 2.18. The average Bonchev–Trinajstić information content (AvgIpc) is 2.66. The molecule has 0 saturated carbocycles. The number of hydrogen-bond donors (Lipinski definition) is 0. The fourth-order valence-electron chi connectivity index (χ4n) is 2.19. The van der Waals surface area contributed by atoms with Crippen LogP contribution in [-0.2, 0) is 17.7 Å². The van der Waals surface area contributed by atoms with Gasteiger partial charge >= 0.3 is 0 Å². The van der Waals surface area contributed by atoms with Gasteiger partial charge < -0.3 is 9.30 Å². The highest BCUT2D eigenvalue weighted by Gasteiger charge is 2.10. The van der Waals surface area contributed by atoms with Crippen molar-refractivity contribution in [2.45, 2.75) is 39.8 Å². The first kappa shape index (κ1) is 14.4. The van der Waals surface area contributed by atoms with Crippen LogP contribution in [0.5, 0.6) is 0 Å². The van der Waals surface area contributed by atoms with Crippen LogP contribution in [0.4, 0.5) is 0 Å². The van der Waals surface area contributed by atoms with Crippen LogP contribution >= 0.6 is 11.6 Å². The van der Waals surface area contributed by atoms with E-state index in [4.69, 9.17) is 16.3 Å². The second-order valence-corrected chi connectivity index (χ2v) is 5.41. The zero-order valence-electron chi connectivity index (χ0n) is 11.8. The Kier molecular flexibility index (Phi) is 4.83. The monoisotopic (exact) mass is 280 g/mol. The molecule has 0 bridgehead atoms. The summed E-state index contributed by atoms with van der Waals surface area (Å²) in [7, 11) is 0. The molecule has 1 heterocycles. The molecule has 4 heteroatoms. The number of aryl methyl sites for hydroxylation is 2. The smallest absolute Gasteiger partial charge is 0.111 e. The van der Waals surface area contributed by atoms with E-state index < -0.39 is 0 Å². The standard InChI is InChI=1S/C15H21ClN2O/c1-11(2)19-9-8-18-14-5-4-12(3)10-13(14)17-15(18)6-7-16/h4-5,10-11H,6-9H2,1-3H3. The first-order valence-electron chi connectivity index (χ1n) is 6.75. The third-order valence-electron chi connectivity index (χ3n) is 3.07. The summed E-state index contributed by atoms with van der Waals surface area (Å²) in [6.45, 7) is 7.71. The molecule has 0 atom stereocenters. The maximum Gasteiger partial charge on any atom is 0.111 e. The molecule has 0 amide bonds. The van der Waals surface area contributed by atoms with Crippen LogP contribution in [0.15, 0.2) is 18.2 Å². The first-order valence-corrected chi connectivity index (χ1v) is 7.28. The molecular formula is C15H21ClN2O. The van der Waals surface area contributed by atoms with Crippen LogP contribution in [0.2, 0.25) is 0 Å². The molecular weight excluding hydrogens is 260 g/mol. The summed E-state index contributed by atoms with van der Waals surface area (Å²) in [5.41, 5.74) is 3.44. The quantitative estimate of drug-likeness (QED) is 0.757. The lowest BCUT2D eigenvalue weighted by molar-refractivity contribution is 0.0729. The van der Waals surface area contributed by atoms with Gasteiger partial charge in [0.15, 0.2) is 0 Å². The largest absolute Gasteiger partial charge is 0.377 e. The molecule has 2 aromatic rings. The minimum absolute atomic E-state index is 0.258. The highest BCUT2D eigenvalue weighted by molar-refractivity contribution is 6.17. The van der Waals surface area contributed by atoms with Crippen LogP contribution < -0.4 is 0 Å². The third-order valence-corrected chi connectivity index (χ3v) is 3.26. The van der Waals surface area contributed by atoms with E-state index >= 15 is 0 Å². The molecule has 0 N–H and O–H groups in total. The molecule has 19 heavy (non-hydrogen) atoms.